The molecule has 0 fully saturated rings. The maximum atomic E-state index is 9.65. The van der Waals surface area contributed by atoms with Crippen LogP contribution >= 0.6 is 0 Å². The number of para-hydroxylation sites is 1. The van der Waals surface area contributed by atoms with Crippen LogP contribution in [0.1, 0.15) is 17.0 Å². The van der Waals surface area contributed by atoms with Gasteiger partial charge in [-0.15, -0.1) is 0 Å². The van der Waals surface area contributed by atoms with Gasteiger partial charge in [-0.1, -0.05) is 24.3 Å². The topological polar surface area (TPSA) is 38.7 Å². The number of hydrogen-bond acceptors (Lipinski definition) is 3. The van der Waals surface area contributed by atoms with Gasteiger partial charge in [-0.05, 0) is 25.1 Å². The molecule has 0 saturated carbocycles. The quantitative estimate of drug-likeness (QED) is 0.916. The molecule has 2 aromatic rings. The van der Waals surface area contributed by atoms with E-state index in [0.29, 0.717) is 13.2 Å². The van der Waals surface area contributed by atoms with Crippen LogP contribution in [0.3, 0.4) is 0 Å². The van der Waals surface area contributed by atoms with Gasteiger partial charge in [0.2, 0.25) is 0 Å². The third-order valence-electron chi connectivity index (χ3n) is 3.49. The Balaban J connectivity index is 1.73. The zero-order chi connectivity index (χ0) is 13.2. The van der Waals surface area contributed by atoms with Crippen molar-refractivity contribution in [2.24, 2.45) is 0 Å². The summed E-state index contributed by atoms with van der Waals surface area (Å²) in [5, 5.41) is 9.65. The van der Waals surface area contributed by atoms with Gasteiger partial charge in [0.05, 0.1) is 19.1 Å². The van der Waals surface area contributed by atoms with Crippen molar-refractivity contribution in [2.45, 2.75) is 12.8 Å². The highest BCUT2D eigenvalue weighted by Gasteiger charge is 2.24. The molecule has 0 radical (unpaired) electrons. The lowest BCUT2D eigenvalue weighted by Crippen LogP contribution is -2.12. The summed E-state index contributed by atoms with van der Waals surface area (Å²) in [7, 11) is 0. The van der Waals surface area contributed by atoms with E-state index in [4.69, 9.17) is 9.47 Å². The second-order valence-electron chi connectivity index (χ2n) is 4.76. The first-order valence-corrected chi connectivity index (χ1v) is 6.39. The molecule has 0 saturated heterocycles. The molecule has 1 N–H and O–H groups in total. The van der Waals surface area contributed by atoms with E-state index in [1.807, 2.05) is 31.2 Å². The molecule has 2 aromatic carbocycles. The van der Waals surface area contributed by atoms with Gasteiger partial charge in [0, 0.05) is 11.1 Å². The average Bonchev–Trinajstić information content (AvgIpc) is 2.84. The van der Waals surface area contributed by atoms with Gasteiger partial charge in [0.25, 0.3) is 0 Å². The molecule has 19 heavy (non-hydrogen) atoms. The van der Waals surface area contributed by atoms with Crippen molar-refractivity contribution in [3.63, 3.8) is 0 Å². The van der Waals surface area contributed by atoms with Crippen LogP contribution in [0.5, 0.6) is 17.2 Å². The number of rotatable bonds is 3. The minimum atomic E-state index is 0.248. The smallest absolute Gasteiger partial charge is 0.125 e. The lowest BCUT2D eigenvalue weighted by Gasteiger charge is -2.13. The fourth-order valence-electron chi connectivity index (χ4n) is 2.32. The van der Waals surface area contributed by atoms with E-state index in [2.05, 4.69) is 6.07 Å². The standard InChI is InChI=1S/C16H16O3/c1-11-14(17)6-4-8-15(11)18-9-12-10-19-16-7-3-2-5-13(12)16/h2-8,12,17H,9-10H2,1H3. The van der Waals surface area contributed by atoms with Crippen LogP contribution in [0.4, 0.5) is 0 Å². The van der Waals surface area contributed by atoms with E-state index >= 15 is 0 Å². The lowest BCUT2D eigenvalue weighted by molar-refractivity contribution is 0.246. The summed E-state index contributed by atoms with van der Waals surface area (Å²) in [4.78, 5) is 0. The van der Waals surface area contributed by atoms with Crippen molar-refractivity contribution >= 4 is 0 Å². The van der Waals surface area contributed by atoms with E-state index in [1.165, 1.54) is 5.56 Å². The number of aromatic hydroxyl groups is 1. The maximum Gasteiger partial charge on any atom is 0.125 e. The first-order chi connectivity index (χ1) is 9.25. The van der Waals surface area contributed by atoms with Gasteiger partial charge in [-0.2, -0.15) is 0 Å². The molecule has 0 amide bonds. The van der Waals surface area contributed by atoms with E-state index in [0.717, 1.165) is 17.1 Å². The minimum Gasteiger partial charge on any atom is -0.508 e. The Kier molecular flexibility index (Phi) is 3.03. The van der Waals surface area contributed by atoms with E-state index < -0.39 is 0 Å². The van der Waals surface area contributed by atoms with E-state index in [-0.39, 0.29) is 11.7 Å². The summed E-state index contributed by atoms with van der Waals surface area (Å²) >= 11 is 0. The molecule has 3 heteroatoms. The van der Waals surface area contributed by atoms with Gasteiger partial charge in [-0.25, -0.2) is 0 Å². The van der Waals surface area contributed by atoms with Crippen LogP contribution in [-0.4, -0.2) is 18.3 Å². The van der Waals surface area contributed by atoms with Gasteiger partial charge in [-0.3, -0.25) is 0 Å². The Morgan fingerprint density at radius 3 is 2.95 bits per heavy atom. The van der Waals surface area contributed by atoms with Crippen LogP contribution in [0.2, 0.25) is 0 Å². The Bertz CT molecular complexity index is 592. The minimum absolute atomic E-state index is 0.248. The molecule has 1 aliphatic rings. The van der Waals surface area contributed by atoms with Gasteiger partial charge in [0.15, 0.2) is 0 Å². The van der Waals surface area contributed by atoms with Gasteiger partial charge >= 0.3 is 0 Å². The van der Waals surface area contributed by atoms with E-state index in [9.17, 15) is 5.11 Å². The molecule has 1 aliphatic heterocycles. The number of hydrogen-bond donors (Lipinski definition) is 1. The molecule has 1 unspecified atom stereocenters. The van der Waals surface area contributed by atoms with Crippen LogP contribution in [-0.2, 0) is 0 Å². The zero-order valence-corrected chi connectivity index (χ0v) is 10.8. The normalized spacial score (nSPS) is 16.8. The highest BCUT2D eigenvalue weighted by molar-refractivity contribution is 5.43. The highest BCUT2D eigenvalue weighted by atomic mass is 16.5. The van der Waals surface area contributed by atoms with Crippen LogP contribution in [0, 0.1) is 6.92 Å². The Morgan fingerprint density at radius 1 is 1.21 bits per heavy atom. The third-order valence-corrected chi connectivity index (χ3v) is 3.49. The van der Waals surface area contributed by atoms with Crippen molar-refractivity contribution in [1.82, 2.24) is 0 Å². The Hall–Kier alpha value is -2.16. The summed E-state index contributed by atoms with van der Waals surface area (Å²) in [5.41, 5.74) is 1.97. The average molecular weight is 256 g/mol. The predicted molar refractivity (Wildman–Crippen MR) is 73.0 cm³/mol. The predicted octanol–water partition coefficient (Wildman–Crippen LogP) is 3.26. The molecule has 0 bridgehead atoms. The summed E-state index contributed by atoms with van der Waals surface area (Å²) in [6.45, 7) is 3.06. The zero-order valence-electron chi connectivity index (χ0n) is 10.8. The first kappa shape index (κ1) is 11.9. The van der Waals surface area contributed by atoms with Crippen molar-refractivity contribution in [3.05, 3.63) is 53.6 Å². The largest absolute Gasteiger partial charge is 0.508 e. The highest BCUT2D eigenvalue weighted by Crippen LogP contribution is 2.34. The van der Waals surface area contributed by atoms with Crippen molar-refractivity contribution < 1.29 is 14.6 Å². The number of phenols is 1. The molecule has 0 aliphatic carbocycles. The first-order valence-electron chi connectivity index (χ1n) is 6.39. The molecule has 3 nitrogen and oxygen atoms in total. The van der Waals surface area contributed by atoms with Gasteiger partial charge < -0.3 is 14.6 Å². The maximum absolute atomic E-state index is 9.65. The fourth-order valence-corrected chi connectivity index (χ4v) is 2.32. The molecular weight excluding hydrogens is 240 g/mol. The molecule has 1 atom stereocenters. The summed E-state index contributed by atoms with van der Waals surface area (Å²) in [6.07, 6.45) is 0. The molecule has 0 spiro atoms. The van der Waals surface area contributed by atoms with Crippen LogP contribution in [0.15, 0.2) is 42.5 Å². The third kappa shape index (κ3) is 2.24. The van der Waals surface area contributed by atoms with E-state index in [1.54, 1.807) is 12.1 Å². The molecule has 3 rings (SSSR count). The van der Waals surface area contributed by atoms with Crippen molar-refractivity contribution in [3.8, 4) is 17.2 Å². The molecule has 98 valence electrons. The summed E-state index contributed by atoms with van der Waals surface area (Å²) < 4.78 is 11.4. The second kappa shape index (κ2) is 4.84. The number of benzene rings is 2. The number of phenolic OH excluding ortho intramolecular Hbond substituents is 1. The Morgan fingerprint density at radius 2 is 2.05 bits per heavy atom. The number of ether oxygens (including phenoxy) is 2. The molecular formula is C16H16O3. The van der Waals surface area contributed by atoms with Crippen LogP contribution < -0.4 is 9.47 Å². The van der Waals surface area contributed by atoms with Gasteiger partial charge in [0.1, 0.15) is 17.2 Å². The molecule has 0 aromatic heterocycles. The Labute approximate surface area is 112 Å². The van der Waals surface area contributed by atoms with Crippen molar-refractivity contribution in [2.75, 3.05) is 13.2 Å². The lowest BCUT2D eigenvalue weighted by atomic mass is 10.0. The summed E-state index contributed by atoms with van der Waals surface area (Å²) in [5.74, 6) is 2.19. The fraction of sp³-hybridized carbons (Fsp3) is 0.250. The monoisotopic (exact) mass is 256 g/mol. The van der Waals surface area contributed by atoms with Crippen LogP contribution in [0.25, 0.3) is 0 Å². The van der Waals surface area contributed by atoms with Crippen molar-refractivity contribution in [1.29, 1.82) is 0 Å². The summed E-state index contributed by atoms with van der Waals surface area (Å²) in [6, 6.07) is 13.4. The SMILES string of the molecule is Cc1c(O)cccc1OCC1COc2ccccc21. The number of fused-ring (bicyclic) bond motifs is 1. The molecule has 1 heterocycles. The second-order valence-corrected chi connectivity index (χ2v) is 4.76.